The first-order valence-corrected chi connectivity index (χ1v) is 9.46. The van der Waals surface area contributed by atoms with E-state index in [1.165, 1.54) is 12.1 Å². The van der Waals surface area contributed by atoms with Crippen LogP contribution in [0.15, 0.2) is 18.2 Å². The van der Waals surface area contributed by atoms with Gasteiger partial charge in [-0.3, -0.25) is 4.79 Å². The van der Waals surface area contributed by atoms with E-state index < -0.39 is 6.04 Å². The van der Waals surface area contributed by atoms with Crippen molar-refractivity contribution in [3.8, 4) is 0 Å². The number of amides is 1. The number of carbonyl (C=O) groups is 1. The van der Waals surface area contributed by atoms with Gasteiger partial charge >= 0.3 is 0 Å². The van der Waals surface area contributed by atoms with Crippen LogP contribution >= 0.6 is 37.2 Å². The number of halogens is 4. The molecule has 2 atom stereocenters. The second kappa shape index (κ2) is 12.8. The smallest absolute Gasteiger partial charge is 0.237 e. The minimum Gasteiger partial charge on any atom is -0.369 e. The highest BCUT2D eigenvalue weighted by molar-refractivity contribution is 5.86. The van der Waals surface area contributed by atoms with E-state index in [-0.39, 0.29) is 60.4 Å². The van der Waals surface area contributed by atoms with Crippen molar-refractivity contribution in [3.63, 3.8) is 0 Å². The SMILES string of the molecule is CCN1CCN(c2ccc(F)cc2C(C)NC(=O)[C@@H](N)C(C)(C)C)CC1.Cl.Cl.Cl. The molecule has 0 spiro atoms. The van der Waals surface area contributed by atoms with Gasteiger partial charge in [-0.05, 0) is 37.1 Å². The van der Waals surface area contributed by atoms with E-state index in [2.05, 4.69) is 22.0 Å². The Morgan fingerprint density at radius 3 is 2.21 bits per heavy atom. The minimum absolute atomic E-state index is 0. The fraction of sp³-hybridized carbons (Fsp3) is 0.650. The quantitative estimate of drug-likeness (QED) is 0.683. The Balaban J connectivity index is 0. The number of piperazine rings is 1. The van der Waals surface area contributed by atoms with Gasteiger partial charge in [-0.15, -0.1) is 37.2 Å². The Bertz CT molecular complexity index is 635. The average Bonchev–Trinajstić information content (AvgIpc) is 2.60. The van der Waals surface area contributed by atoms with Gasteiger partial charge in [0.2, 0.25) is 5.91 Å². The number of likely N-dealkylation sites (N-methyl/N-ethyl adjacent to an activating group) is 1. The predicted octanol–water partition coefficient (Wildman–Crippen LogP) is 3.78. The molecule has 0 aromatic heterocycles. The van der Waals surface area contributed by atoms with E-state index in [0.29, 0.717) is 0 Å². The number of nitrogens with zero attached hydrogens (tertiary/aromatic N) is 2. The van der Waals surface area contributed by atoms with Crippen LogP contribution < -0.4 is 16.0 Å². The summed E-state index contributed by atoms with van der Waals surface area (Å²) in [5.74, 6) is -0.506. The Kier molecular flexibility index (Phi) is 13.4. The molecule has 1 aliphatic heterocycles. The van der Waals surface area contributed by atoms with Crippen molar-refractivity contribution in [1.82, 2.24) is 10.2 Å². The Hall–Kier alpha value is -0.790. The lowest BCUT2D eigenvalue weighted by atomic mass is 9.86. The lowest BCUT2D eigenvalue weighted by Gasteiger charge is -2.37. The molecule has 1 heterocycles. The molecule has 1 unspecified atom stereocenters. The monoisotopic (exact) mass is 472 g/mol. The van der Waals surface area contributed by atoms with Crippen molar-refractivity contribution in [2.75, 3.05) is 37.6 Å². The summed E-state index contributed by atoms with van der Waals surface area (Å²) < 4.78 is 13.9. The molecule has 5 nitrogen and oxygen atoms in total. The van der Waals surface area contributed by atoms with Crippen LogP contribution in [0.1, 0.15) is 46.2 Å². The van der Waals surface area contributed by atoms with E-state index in [1.807, 2.05) is 33.8 Å². The van der Waals surface area contributed by atoms with Gasteiger partial charge in [0.15, 0.2) is 0 Å². The summed E-state index contributed by atoms with van der Waals surface area (Å²) in [6.07, 6.45) is 0. The molecule has 2 rings (SSSR count). The first-order chi connectivity index (χ1) is 12.1. The molecule has 1 aliphatic rings. The van der Waals surface area contributed by atoms with Crippen molar-refractivity contribution in [2.24, 2.45) is 11.1 Å². The highest BCUT2D eigenvalue weighted by Gasteiger charge is 2.29. The Morgan fingerprint density at radius 1 is 1.17 bits per heavy atom. The summed E-state index contributed by atoms with van der Waals surface area (Å²) in [7, 11) is 0. The van der Waals surface area contributed by atoms with Gasteiger partial charge in [0.05, 0.1) is 12.1 Å². The molecule has 3 N–H and O–H groups in total. The molecule has 1 saturated heterocycles. The first kappa shape index (κ1) is 30.4. The third kappa shape index (κ3) is 8.10. The molecule has 1 fully saturated rings. The van der Waals surface area contributed by atoms with Crippen LogP contribution in [0, 0.1) is 11.2 Å². The second-order valence-corrected chi connectivity index (χ2v) is 8.20. The maximum atomic E-state index is 13.9. The largest absolute Gasteiger partial charge is 0.369 e. The zero-order valence-electron chi connectivity index (χ0n) is 17.9. The number of rotatable bonds is 5. The molecule has 1 aromatic rings. The fourth-order valence-corrected chi connectivity index (χ4v) is 3.24. The fourth-order valence-electron chi connectivity index (χ4n) is 3.24. The molecule has 0 radical (unpaired) electrons. The molecule has 29 heavy (non-hydrogen) atoms. The number of benzene rings is 1. The van der Waals surface area contributed by atoms with Crippen molar-refractivity contribution in [2.45, 2.75) is 46.7 Å². The summed E-state index contributed by atoms with van der Waals surface area (Å²) in [6, 6.07) is 3.90. The predicted molar refractivity (Wildman–Crippen MR) is 126 cm³/mol. The standard InChI is InChI=1S/C20H33FN4O.3ClH/c1-6-24-9-11-25(12-10-24)17-8-7-15(21)13-16(17)14(2)23-19(26)18(22)20(3,4)5;;;/h7-8,13-14,18H,6,9-12,22H2,1-5H3,(H,23,26);3*1H/t14?,18-;;;/m1.../s1. The summed E-state index contributed by atoms with van der Waals surface area (Å²) in [4.78, 5) is 17.1. The van der Waals surface area contributed by atoms with Crippen LogP contribution in [0.25, 0.3) is 0 Å². The van der Waals surface area contributed by atoms with Crippen LogP contribution in [0.3, 0.4) is 0 Å². The van der Waals surface area contributed by atoms with Crippen molar-refractivity contribution < 1.29 is 9.18 Å². The molecule has 0 saturated carbocycles. The third-order valence-corrected chi connectivity index (χ3v) is 5.19. The summed E-state index contributed by atoms with van der Waals surface area (Å²) in [5.41, 5.74) is 7.51. The van der Waals surface area contributed by atoms with E-state index in [1.54, 1.807) is 0 Å². The minimum atomic E-state index is -0.616. The van der Waals surface area contributed by atoms with Crippen molar-refractivity contribution in [1.29, 1.82) is 0 Å². The molecule has 0 aliphatic carbocycles. The molecule has 0 bridgehead atoms. The molecule has 1 aromatic carbocycles. The summed E-state index contributed by atoms with van der Waals surface area (Å²) >= 11 is 0. The molecule has 170 valence electrons. The number of nitrogens with two attached hydrogens (primary N) is 1. The zero-order valence-corrected chi connectivity index (χ0v) is 20.4. The van der Waals surface area contributed by atoms with Gasteiger partial charge in [0.1, 0.15) is 5.82 Å². The Labute approximate surface area is 193 Å². The van der Waals surface area contributed by atoms with Crippen LogP contribution in [0.5, 0.6) is 0 Å². The Morgan fingerprint density at radius 2 is 1.72 bits per heavy atom. The van der Waals surface area contributed by atoms with Crippen LogP contribution in [-0.4, -0.2) is 49.6 Å². The first-order valence-electron chi connectivity index (χ1n) is 9.46. The number of carbonyl (C=O) groups excluding carboxylic acids is 1. The maximum Gasteiger partial charge on any atom is 0.237 e. The highest BCUT2D eigenvalue weighted by Crippen LogP contribution is 2.29. The van der Waals surface area contributed by atoms with Gasteiger partial charge < -0.3 is 20.9 Å². The lowest BCUT2D eigenvalue weighted by Crippen LogP contribution is -2.49. The van der Waals surface area contributed by atoms with Gasteiger partial charge in [-0.2, -0.15) is 0 Å². The van der Waals surface area contributed by atoms with Crippen LogP contribution in [-0.2, 0) is 4.79 Å². The van der Waals surface area contributed by atoms with Gasteiger partial charge in [-0.1, -0.05) is 27.7 Å². The number of hydrogen-bond donors (Lipinski definition) is 2. The summed E-state index contributed by atoms with van der Waals surface area (Å²) in [6.45, 7) is 14.7. The molecular weight excluding hydrogens is 438 g/mol. The van der Waals surface area contributed by atoms with E-state index in [4.69, 9.17) is 5.73 Å². The molecule has 9 heteroatoms. The van der Waals surface area contributed by atoms with Gasteiger partial charge in [0.25, 0.3) is 0 Å². The van der Waals surface area contributed by atoms with E-state index >= 15 is 0 Å². The van der Waals surface area contributed by atoms with E-state index in [0.717, 1.165) is 44.0 Å². The maximum absolute atomic E-state index is 13.9. The number of hydrogen-bond acceptors (Lipinski definition) is 4. The lowest BCUT2D eigenvalue weighted by molar-refractivity contribution is -0.125. The van der Waals surface area contributed by atoms with E-state index in [9.17, 15) is 9.18 Å². The topological polar surface area (TPSA) is 61.6 Å². The number of anilines is 1. The summed E-state index contributed by atoms with van der Waals surface area (Å²) in [5, 5.41) is 2.96. The van der Waals surface area contributed by atoms with Gasteiger partial charge in [-0.25, -0.2) is 4.39 Å². The molecular formula is C20H36Cl3FN4O. The zero-order chi connectivity index (χ0) is 19.5. The highest BCUT2D eigenvalue weighted by atomic mass is 35.5. The molecule has 1 amide bonds. The number of nitrogens with one attached hydrogen (secondary N) is 1. The van der Waals surface area contributed by atoms with Crippen LogP contribution in [0.4, 0.5) is 10.1 Å². The van der Waals surface area contributed by atoms with Crippen molar-refractivity contribution in [3.05, 3.63) is 29.6 Å². The van der Waals surface area contributed by atoms with Crippen molar-refractivity contribution >= 4 is 48.8 Å². The second-order valence-electron chi connectivity index (χ2n) is 8.20. The van der Waals surface area contributed by atoms with Crippen LogP contribution in [0.2, 0.25) is 0 Å². The normalized spacial score (nSPS) is 16.6. The average molecular weight is 474 g/mol. The third-order valence-electron chi connectivity index (χ3n) is 5.19. The van der Waals surface area contributed by atoms with Gasteiger partial charge in [0, 0.05) is 37.4 Å².